The van der Waals surface area contributed by atoms with Crippen LogP contribution in [0, 0.1) is 12.0 Å². The average Bonchev–Trinajstić information content (AvgIpc) is 1.97. The van der Waals surface area contributed by atoms with Crippen molar-refractivity contribution >= 4 is 0 Å². The summed E-state index contributed by atoms with van der Waals surface area (Å²) in [6.07, 6.45) is 7.08. The molecule has 0 aliphatic rings. The van der Waals surface area contributed by atoms with Crippen molar-refractivity contribution in [1.82, 2.24) is 0 Å². The van der Waals surface area contributed by atoms with Crippen molar-refractivity contribution in [3.63, 3.8) is 0 Å². The molecule has 0 spiro atoms. The zero-order chi connectivity index (χ0) is 7.66. The van der Waals surface area contributed by atoms with Crippen molar-refractivity contribution in [2.45, 2.75) is 39.5 Å². The molecule has 58 valence electrons. The Bertz CT molecular complexity index is 95.6. The van der Waals surface area contributed by atoms with Crippen LogP contribution in [0.5, 0.6) is 0 Å². The number of unbranched alkanes of at least 4 members (excludes halogenated alkanes) is 2. The van der Waals surface area contributed by atoms with Gasteiger partial charge in [-0.15, -0.1) is 0 Å². The highest BCUT2D eigenvalue weighted by Gasteiger charge is 1.76. The number of hydrogen-bond donors (Lipinski definition) is 0. The van der Waals surface area contributed by atoms with E-state index < -0.39 is 0 Å². The van der Waals surface area contributed by atoms with Crippen LogP contribution in [0.4, 0.5) is 0 Å². The fourth-order valence-electron chi connectivity index (χ4n) is 0.520. The third-order valence-electron chi connectivity index (χ3n) is 1.11. The Labute approximate surface area is 63.8 Å². The largest absolute Gasteiger partial charge is 0.447 e. The summed E-state index contributed by atoms with van der Waals surface area (Å²) in [4.78, 5) is 0. The minimum Gasteiger partial charge on any atom is -0.447 e. The lowest BCUT2D eigenvalue weighted by Gasteiger charge is -1.89. The molecule has 1 nitrogen and oxygen atoms in total. The van der Waals surface area contributed by atoms with E-state index in [9.17, 15) is 0 Å². The summed E-state index contributed by atoms with van der Waals surface area (Å²) in [5, 5.41) is 0. The van der Waals surface area contributed by atoms with Gasteiger partial charge in [-0.25, -0.2) is 0 Å². The zero-order valence-corrected chi connectivity index (χ0v) is 6.94. The summed E-state index contributed by atoms with van der Waals surface area (Å²) >= 11 is 0. The summed E-state index contributed by atoms with van der Waals surface area (Å²) in [5.41, 5.74) is 0. The van der Waals surface area contributed by atoms with Gasteiger partial charge in [-0.3, -0.25) is 0 Å². The highest BCUT2D eigenvalue weighted by atomic mass is 16.5. The summed E-state index contributed by atoms with van der Waals surface area (Å²) in [7, 11) is 0. The topological polar surface area (TPSA) is 9.23 Å². The molecule has 1 heteroatoms. The molecular weight excluding hydrogens is 124 g/mol. The van der Waals surface area contributed by atoms with E-state index in [2.05, 4.69) is 25.9 Å². The van der Waals surface area contributed by atoms with Crippen LogP contribution in [0.2, 0.25) is 0 Å². The Hall–Kier alpha value is -0.640. The molecule has 0 heterocycles. The first-order valence-electron chi connectivity index (χ1n) is 4.01. The molecule has 0 bridgehead atoms. The molecule has 0 fully saturated rings. The van der Waals surface area contributed by atoms with Gasteiger partial charge < -0.3 is 4.74 Å². The van der Waals surface area contributed by atoms with Crippen LogP contribution in [0.25, 0.3) is 0 Å². The third kappa shape index (κ3) is 7.36. The van der Waals surface area contributed by atoms with E-state index in [1.54, 1.807) is 0 Å². The normalized spacial score (nSPS) is 8.20. The molecule has 0 saturated carbocycles. The van der Waals surface area contributed by atoms with Crippen molar-refractivity contribution in [2.75, 3.05) is 6.61 Å². The van der Waals surface area contributed by atoms with Crippen LogP contribution < -0.4 is 0 Å². The average molecular weight is 140 g/mol. The quantitative estimate of drug-likeness (QED) is 0.431. The van der Waals surface area contributed by atoms with E-state index in [1.807, 2.05) is 0 Å². The van der Waals surface area contributed by atoms with Crippen molar-refractivity contribution in [3.05, 3.63) is 0 Å². The van der Waals surface area contributed by atoms with Crippen LogP contribution in [0.3, 0.4) is 0 Å². The lowest BCUT2D eigenvalue weighted by molar-refractivity contribution is 0.277. The summed E-state index contributed by atoms with van der Waals surface area (Å²) in [6, 6.07) is 0. The first-order chi connectivity index (χ1) is 4.91. The molecule has 0 aromatic carbocycles. The maximum atomic E-state index is 4.97. The lowest BCUT2D eigenvalue weighted by Crippen LogP contribution is -1.82. The van der Waals surface area contributed by atoms with Gasteiger partial charge in [0.2, 0.25) is 0 Å². The van der Waals surface area contributed by atoms with Gasteiger partial charge in [0.1, 0.15) is 6.11 Å². The van der Waals surface area contributed by atoms with Gasteiger partial charge in [-0.1, -0.05) is 26.2 Å². The number of hydrogen-bond acceptors (Lipinski definition) is 1. The predicted octanol–water partition coefficient (Wildman–Crippen LogP) is 2.56. The maximum Gasteiger partial charge on any atom is 0.110 e. The zero-order valence-electron chi connectivity index (χ0n) is 6.94. The summed E-state index contributed by atoms with van der Waals surface area (Å²) in [6.45, 7) is 5.00. The molecule has 10 heavy (non-hydrogen) atoms. The Morgan fingerprint density at radius 2 is 2.00 bits per heavy atom. The molecule has 0 radical (unpaired) electrons. The van der Waals surface area contributed by atoms with Crippen LogP contribution in [-0.2, 0) is 4.74 Å². The molecule has 0 N–H and O–H groups in total. The fraction of sp³-hybridized carbons (Fsp3) is 0.778. The van der Waals surface area contributed by atoms with Gasteiger partial charge in [0, 0.05) is 6.42 Å². The van der Waals surface area contributed by atoms with Crippen LogP contribution >= 0.6 is 0 Å². The van der Waals surface area contributed by atoms with E-state index in [4.69, 9.17) is 4.74 Å². The van der Waals surface area contributed by atoms with Gasteiger partial charge in [0.05, 0.1) is 6.61 Å². The first-order valence-corrected chi connectivity index (χ1v) is 4.01. The van der Waals surface area contributed by atoms with Gasteiger partial charge in [-0.05, 0) is 12.8 Å². The minimum absolute atomic E-state index is 0.763. The molecule has 0 saturated heterocycles. The highest BCUT2D eigenvalue weighted by molar-refractivity contribution is 4.90. The standard InChI is InChI=1S/C9H16O/c1-3-5-6-7-9-10-8-4-2/h3-6,8H2,1-2H3. The van der Waals surface area contributed by atoms with Gasteiger partial charge in [0.15, 0.2) is 0 Å². The Balaban J connectivity index is 2.98. The Kier molecular flexibility index (Phi) is 7.82. The molecule has 0 aliphatic carbocycles. The summed E-state index contributed by atoms with van der Waals surface area (Å²) < 4.78 is 4.97. The van der Waals surface area contributed by atoms with Gasteiger partial charge in [-0.2, -0.15) is 0 Å². The molecule has 0 unspecified atom stereocenters. The van der Waals surface area contributed by atoms with Crippen LogP contribution in [0.1, 0.15) is 39.5 Å². The second-order valence-electron chi connectivity index (χ2n) is 2.23. The molecular formula is C9H16O. The SMILES string of the molecule is CCCCC#COCCC. The second kappa shape index (κ2) is 8.36. The Morgan fingerprint density at radius 3 is 2.60 bits per heavy atom. The van der Waals surface area contributed by atoms with Crippen LogP contribution in [0.15, 0.2) is 0 Å². The molecule has 0 rings (SSSR count). The molecule has 0 aromatic rings. The molecule has 0 aliphatic heterocycles. The van der Waals surface area contributed by atoms with Crippen LogP contribution in [-0.4, -0.2) is 6.61 Å². The van der Waals surface area contributed by atoms with Crippen molar-refractivity contribution in [2.24, 2.45) is 0 Å². The summed E-state index contributed by atoms with van der Waals surface area (Å²) in [5.74, 6) is 2.95. The highest BCUT2D eigenvalue weighted by Crippen LogP contribution is 1.90. The van der Waals surface area contributed by atoms with Crippen molar-refractivity contribution in [3.8, 4) is 12.0 Å². The first kappa shape index (κ1) is 9.36. The fourth-order valence-corrected chi connectivity index (χ4v) is 0.520. The van der Waals surface area contributed by atoms with E-state index in [-0.39, 0.29) is 0 Å². The molecule has 0 amide bonds. The van der Waals surface area contributed by atoms with Gasteiger partial charge in [0.25, 0.3) is 0 Å². The van der Waals surface area contributed by atoms with E-state index in [0.717, 1.165) is 19.4 Å². The van der Waals surface area contributed by atoms with Crippen molar-refractivity contribution < 1.29 is 4.74 Å². The number of ether oxygens (including phenoxy) is 1. The minimum atomic E-state index is 0.763. The van der Waals surface area contributed by atoms with E-state index in [0.29, 0.717) is 0 Å². The van der Waals surface area contributed by atoms with E-state index in [1.165, 1.54) is 12.8 Å². The van der Waals surface area contributed by atoms with Gasteiger partial charge >= 0.3 is 0 Å². The lowest BCUT2D eigenvalue weighted by atomic mass is 10.3. The third-order valence-corrected chi connectivity index (χ3v) is 1.11. The Morgan fingerprint density at radius 1 is 1.20 bits per heavy atom. The smallest absolute Gasteiger partial charge is 0.110 e. The van der Waals surface area contributed by atoms with E-state index >= 15 is 0 Å². The monoisotopic (exact) mass is 140 g/mol. The number of rotatable bonds is 4. The predicted molar refractivity (Wildman–Crippen MR) is 43.5 cm³/mol. The van der Waals surface area contributed by atoms with Crippen molar-refractivity contribution in [1.29, 1.82) is 0 Å². The maximum absolute atomic E-state index is 4.97. The molecule has 0 aromatic heterocycles. The molecule has 0 atom stereocenters. The second-order valence-corrected chi connectivity index (χ2v) is 2.23.